The van der Waals surface area contributed by atoms with E-state index < -0.39 is 21.8 Å². The molecule has 0 unspecified atom stereocenters. The van der Waals surface area contributed by atoms with Crippen LogP contribution in [0.2, 0.25) is 0 Å². The molecule has 2 N–H and O–H groups in total. The Morgan fingerprint density at radius 1 is 0.967 bits per heavy atom. The van der Waals surface area contributed by atoms with Gasteiger partial charge >= 0.3 is 11.8 Å². The molecule has 0 aromatic heterocycles. The van der Waals surface area contributed by atoms with Gasteiger partial charge < -0.3 is 20.1 Å². The highest BCUT2D eigenvalue weighted by Gasteiger charge is 2.26. The lowest BCUT2D eigenvalue weighted by Gasteiger charge is -2.28. The topological polar surface area (TPSA) is 114 Å². The van der Waals surface area contributed by atoms with Gasteiger partial charge in [0.1, 0.15) is 0 Å². The second-order valence-corrected chi connectivity index (χ2v) is 8.98. The van der Waals surface area contributed by atoms with Crippen LogP contribution in [0, 0.1) is 0 Å². The number of rotatable bonds is 4. The molecule has 10 heteroatoms. The van der Waals surface area contributed by atoms with E-state index in [-0.39, 0.29) is 19.1 Å². The molecule has 0 atom stereocenters. The Kier molecular flexibility index (Phi) is 5.49. The van der Waals surface area contributed by atoms with E-state index in [0.29, 0.717) is 35.8 Å². The number of benzene rings is 2. The van der Waals surface area contributed by atoms with Crippen LogP contribution in [0.3, 0.4) is 0 Å². The molecule has 9 nitrogen and oxygen atoms in total. The molecule has 1 fully saturated rings. The predicted molar refractivity (Wildman–Crippen MR) is 110 cm³/mol. The van der Waals surface area contributed by atoms with Crippen LogP contribution < -0.4 is 24.4 Å². The van der Waals surface area contributed by atoms with Crippen molar-refractivity contribution in [2.45, 2.75) is 19.4 Å². The summed E-state index contributed by atoms with van der Waals surface area (Å²) in [7, 11) is -3.30. The Bertz CT molecular complexity index is 1070. The van der Waals surface area contributed by atoms with Gasteiger partial charge in [0, 0.05) is 18.8 Å². The summed E-state index contributed by atoms with van der Waals surface area (Å²) in [5, 5.41) is 5.06. The number of sulfonamides is 1. The number of hydrogen-bond donors (Lipinski definition) is 2. The van der Waals surface area contributed by atoms with E-state index >= 15 is 0 Å². The second-order valence-electron chi connectivity index (χ2n) is 6.97. The maximum absolute atomic E-state index is 12.2. The molecule has 0 spiro atoms. The third-order valence-electron chi connectivity index (χ3n) is 4.86. The van der Waals surface area contributed by atoms with Crippen molar-refractivity contribution in [3.05, 3.63) is 48.0 Å². The first-order chi connectivity index (χ1) is 14.4. The number of ether oxygens (including phenoxy) is 2. The molecule has 30 heavy (non-hydrogen) atoms. The SMILES string of the molecule is O=C(NCc1ccc2c(c1)OCO2)C(=O)Nc1ccc(N2CCCCS2(=O)=O)cc1. The number of nitrogens with one attached hydrogen (secondary N) is 2. The fourth-order valence-electron chi connectivity index (χ4n) is 3.29. The summed E-state index contributed by atoms with van der Waals surface area (Å²) in [6, 6.07) is 11.6. The van der Waals surface area contributed by atoms with Crippen LogP contribution in [0.1, 0.15) is 18.4 Å². The summed E-state index contributed by atoms with van der Waals surface area (Å²) < 4.78 is 36.2. The van der Waals surface area contributed by atoms with Crippen molar-refractivity contribution in [1.29, 1.82) is 0 Å². The summed E-state index contributed by atoms with van der Waals surface area (Å²) in [5.41, 5.74) is 1.71. The third-order valence-corrected chi connectivity index (χ3v) is 6.73. The van der Waals surface area contributed by atoms with E-state index in [1.54, 1.807) is 42.5 Å². The molecule has 0 radical (unpaired) electrons. The first kappa shape index (κ1) is 20.0. The van der Waals surface area contributed by atoms with Crippen molar-refractivity contribution >= 4 is 33.2 Å². The molecule has 1 saturated heterocycles. The summed E-state index contributed by atoms with van der Waals surface area (Å²) in [6.07, 6.45) is 1.47. The maximum Gasteiger partial charge on any atom is 0.313 e. The summed E-state index contributed by atoms with van der Waals surface area (Å²) in [5.74, 6) is -0.218. The van der Waals surface area contributed by atoms with Gasteiger partial charge in [-0.2, -0.15) is 0 Å². The number of fused-ring (bicyclic) bond motifs is 1. The lowest BCUT2D eigenvalue weighted by atomic mass is 10.2. The van der Waals surface area contributed by atoms with Crippen LogP contribution in [-0.2, 0) is 26.2 Å². The number of nitrogens with zero attached hydrogens (tertiary/aromatic N) is 1. The molecule has 2 aliphatic rings. The van der Waals surface area contributed by atoms with Crippen LogP contribution in [-0.4, -0.2) is 39.3 Å². The van der Waals surface area contributed by atoms with Gasteiger partial charge in [0.15, 0.2) is 11.5 Å². The smallest absolute Gasteiger partial charge is 0.313 e. The quantitative estimate of drug-likeness (QED) is 0.711. The highest BCUT2D eigenvalue weighted by Crippen LogP contribution is 2.32. The van der Waals surface area contributed by atoms with Crippen molar-refractivity contribution in [2.75, 3.05) is 28.7 Å². The molecule has 158 valence electrons. The minimum absolute atomic E-state index is 0.134. The summed E-state index contributed by atoms with van der Waals surface area (Å²) in [4.78, 5) is 24.2. The largest absolute Gasteiger partial charge is 0.454 e. The van der Waals surface area contributed by atoms with Crippen LogP contribution in [0.4, 0.5) is 11.4 Å². The standard InChI is InChI=1S/C20H21N3O6S/c24-19(21-12-14-3-8-17-18(11-14)29-13-28-17)20(25)22-15-4-6-16(7-5-15)23-9-1-2-10-30(23,26)27/h3-8,11H,1-2,9-10,12-13H2,(H,21,24)(H,22,25). The zero-order valence-electron chi connectivity index (χ0n) is 16.1. The summed E-state index contributed by atoms with van der Waals surface area (Å²) >= 11 is 0. The number of amides is 2. The minimum atomic E-state index is -3.30. The number of hydrogen-bond acceptors (Lipinski definition) is 6. The molecule has 2 aromatic rings. The Hall–Kier alpha value is -3.27. The Morgan fingerprint density at radius 2 is 1.73 bits per heavy atom. The maximum atomic E-state index is 12.2. The normalized spacial score (nSPS) is 16.7. The molecule has 0 aliphatic carbocycles. The number of anilines is 2. The fraction of sp³-hybridized carbons (Fsp3) is 0.300. The second kappa shape index (κ2) is 8.23. The average Bonchev–Trinajstić information content (AvgIpc) is 3.20. The van der Waals surface area contributed by atoms with Gasteiger partial charge in [0.05, 0.1) is 11.4 Å². The van der Waals surface area contributed by atoms with Crippen molar-refractivity contribution in [3.63, 3.8) is 0 Å². The zero-order chi connectivity index (χ0) is 21.1. The average molecular weight is 431 g/mol. The van der Waals surface area contributed by atoms with Gasteiger partial charge in [-0.1, -0.05) is 6.07 Å². The minimum Gasteiger partial charge on any atom is -0.454 e. The van der Waals surface area contributed by atoms with Crippen LogP contribution >= 0.6 is 0 Å². The first-order valence-corrected chi connectivity index (χ1v) is 11.1. The molecule has 2 aliphatic heterocycles. The van der Waals surface area contributed by atoms with Crippen LogP contribution in [0.25, 0.3) is 0 Å². The predicted octanol–water partition coefficient (Wildman–Crippen LogP) is 1.60. The number of carbonyl (C=O) groups excluding carboxylic acids is 2. The molecule has 2 aromatic carbocycles. The van der Waals surface area contributed by atoms with E-state index in [0.717, 1.165) is 12.0 Å². The Balaban J connectivity index is 1.32. The first-order valence-electron chi connectivity index (χ1n) is 9.50. The third kappa shape index (κ3) is 4.33. The molecule has 2 amide bonds. The number of carbonyl (C=O) groups is 2. The van der Waals surface area contributed by atoms with E-state index in [2.05, 4.69) is 10.6 Å². The highest BCUT2D eigenvalue weighted by molar-refractivity contribution is 7.92. The van der Waals surface area contributed by atoms with Gasteiger partial charge in [-0.3, -0.25) is 13.9 Å². The molecular weight excluding hydrogens is 410 g/mol. The van der Waals surface area contributed by atoms with Crippen LogP contribution in [0.15, 0.2) is 42.5 Å². The highest BCUT2D eigenvalue weighted by atomic mass is 32.2. The molecule has 2 heterocycles. The molecular formula is C20H21N3O6S. The van der Waals surface area contributed by atoms with E-state index in [1.165, 1.54) is 4.31 Å². The Labute approximate surface area is 174 Å². The Morgan fingerprint density at radius 3 is 2.50 bits per heavy atom. The monoisotopic (exact) mass is 431 g/mol. The van der Waals surface area contributed by atoms with Crippen molar-refractivity contribution in [1.82, 2.24) is 5.32 Å². The van der Waals surface area contributed by atoms with E-state index in [9.17, 15) is 18.0 Å². The van der Waals surface area contributed by atoms with Gasteiger partial charge in [-0.25, -0.2) is 8.42 Å². The van der Waals surface area contributed by atoms with Gasteiger partial charge in [-0.15, -0.1) is 0 Å². The fourth-order valence-corrected chi connectivity index (χ4v) is 4.93. The van der Waals surface area contributed by atoms with Crippen LogP contribution in [0.5, 0.6) is 11.5 Å². The molecule has 0 bridgehead atoms. The van der Waals surface area contributed by atoms with E-state index in [1.807, 2.05) is 0 Å². The molecule has 0 saturated carbocycles. The van der Waals surface area contributed by atoms with Gasteiger partial charge in [-0.05, 0) is 54.8 Å². The van der Waals surface area contributed by atoms with E-state index in [4.69, 9.17) is 9.47 Å². The van der Waals surface area contributed by atoms with Gasteiger partial charge in [0.25, 0.3) is 0 Å². The molecule has 4 rings (SSSR count). The van der Waals surface area contributed by atoms with Crippen molar-refractivity contribution in [3.8, 4) is 11.5 Å². The lowest BCUT2D eigenvalue weighted by molar-refractivity contribution is -0.136. The van der Waals surface area contributed by atoms with Crippen molar-refractivity contribution < 1.29 is 27.5 Å². The van der Waals surface area contributed by atoms with Crippen molar-refractivity contribution in [2.24, 2.45) is 0 Å². The summed E-state index contributed by atoms with van der Waals surface area (Å²) in [6.45, 7) is 0.765. The zero-order valence-corrected chi connectivity index (χ0v) is 16.9. The van der Waals surface area contributed by atoms with Gasteiger partial charge in [0.2, 0.25) is 16.8 Å². The lowest BCUT2D eigenvalue weighted by Crippen LogP contribution is -2.37.